The summed E-state index contributed by atoms with van der Waals surface area (Å²) >= 11 is 15.0. The van der Waals surface area contributed by atoms with E-state index in [4.69, 9.17) is 23.2 Å². The topological polar surface area (TPSA) is 20.2 Å². The van der Waals surface area contributed by atoms with Gasteiger partial charge in [-0.3, -0.25) is 0 Å². The van der Waals surface area contributed by atoms with Gasteiger partial charge in [-0.15, -0.1) is 6.58 Å². The quantitative estimate of drug-likeness (QED) is 0.813. The second-order valence-corrected chi connectivity index (χ2v) is 4.19. The summed E-state index contributed by atoms with van der Waals surface area (Å²) < 4.78 is 0.780. The molecule has 13 heavy (non-hydrogen) atoms. The summed E-state index contributed by atoms with van der Waals surface area (Å²) in [6.07, 6.45) is 0.550. The molecule has 1 nitrogen and oxygen atoms in total. The summed E-state index contributed by atoms with van der Waals surface area (Å²) in [5, 5.41) is 10.3. The third-order valence-electron chi connectivity index (χ3n) is 1.56. The van der Waals surface area contributed by atoms with Gasteiger partial charge in [0.1, 0.15) is 0 Å². The molecule has 1 unspecified atom stereocenters. The molecule has 0 amide bonds. The number of hydrogen-bond donors (Lipinski definition) is 1. The Hall–Kier alpha value is -0.0200. The molecule has 1 aromatic carbocycles. The second-order valence-electron chi connectivity index (χ2n) is 2.46. The average molecular weight is 282 g/mol. The van der Waals surface area contributed by atoms with Gasteiger partial charge in [0, 0.05) is 20.1 Å². The third-order valence-corrected chi connectivity index (χ3v) is 2.65. The molecular formula is C9H7BrCl2O. The highest BCUT2D eigenvalue weighted by Crippen LogP contribution is 2.33. The van der Waals surface area contributed by atoms with Gasteiger partial charge in [0.25, 0.3) is 0 Å². The number of rotatable bonds is 2. The summed E-state index contributed by atoms with van der Waals surface area (Å²) in [6, 6.07) is 3.35. The molecule has 0 bridgehead atoms. The van der Waals surface area contributed by atoms with E-state index in [1.54, 1.807) is 12.1 Å². The van der Waals surface area contributed by atoms with Crippen molar-refractivity contribution in [1.82, 2.24) is 0 Å². The van der Waals surface area contributed by atoms with E-state index in [-0.39, 0.29) is 0 Å². The van der Waals surface area contributed by atoms with Gasteiger partial charge in [-0.25, -0.2) is 0 Å². The van der Waals surface area contributed by atoms with E-state index in [9.17, 15) is 5.11 Å². The molecule has 0 heterocycles. The minimum absolute atomic E-state index is 0.423. The summed E-state index contributed by atoms with van der Waals surface area (Å²) in [5.41, 5.74) is 0.488. The maximum atomic E-state index is 9.48. The van der Waals surface area contributed by atoms with Crippen molar-refractivity contribution in [3.63, 3.8) is 0 Å². The highest BCUT2D eigenvalue weighted by Gasteiger charge is 2.13. The van der Waals surface area contributed by atoms with Crippen molar-refractivity contribution in [2.75, 3.05) is 0 Å². The molecule has 0 spiro atoms. The van der Waals surface area contributed by atoms with Gasteiger partial charge in [-0.05, 0) is 12.1 Å². The van der Waals surface area contributed by atoms with Crippen molar-refractivity contribution in [3.05, 3.63) is 44.9 Å². The Bertz CT molecular complexity index is 315. The number of aliphatic hydroxyl groups is 1. The van der Waals surface area contributed by atoms with Gasteiger partial charge in [-0.1, -0.05) is 45.2 Å². The number of hydrogen-bond acceptors (Lipinski definition) is 1. The van der Waals surface area contributed by atoms with Crippen molar-refractivity contribution in [3.8, 4) is 0 Å². The summed E-state index contributed by atoms with van der Waals surface area (Å²) in [6.45, 7) is 3.46. The lowest BCUT2D eigenvalue weighted by atomic mass is 10.1. The van der Waals surface area contributed by atoms with Crippen molar-refractivity contribution in [1.29, 1.82) is 0 Å². The van der Waals surface area contributed by atoms with Crippen LogP contribution in [0.4, 0.5) is 0 Å². The third kappa shape index (κ3) is 2.47. The molecule has 70 valence electrons. The van der Waals surface area contributed by atoms with Crippen molar-refractivity contribution < 1.29 is 5.11 Å². The van der Waals surface area contributed by atoms with Gasteiger partial charge in [0.05, 0.1) is 6.10 Å². The number of halogens is 3. The molecule has 0 radical (unpaired) electrons. The molecule has 0 aliphatic carbocycles. The smallest absolute Gasteiger partial charge is 0.0998 e. The van der Waals surface area contributed by atoms with Gasteiger partial charge >= 0.3 is 0 Å². The molecule has 1 aromatic rings. The molecule has 0 aliphatic heterocycles. The summed E-state index contributed by atoms with van der Waals surface area (Å²) in [4.78, 5) is 0. The molecule has 4 heteroatoms. The SMILES string of the molecule is C=CC(O)c1c(Cl)cc(Br)cc1Cl. The number of aliphatic hydroxyl groups excluding tert-OH is 1. The van der Waals surface area contributed by atoms with Crippen molar-refractivity contribution in [2.24, 2.45) is 0 Å². The monoisotopic (exact) mass is 280 g/mol. The number of benzene rings is 1. The standard InChI is InChI=1S/C9H7BrCl2O/c1-2-8(13)9-6(11)3-5(10)4-7(9)12/h2-4,8,13H,1H2. The normalized spacial score (nSPS) is 12.6. The molecule has 0 aliphatic rings. The largest absolute Gasteiger partial charge is 0.384 e. The highest BCUT2D eigenvalue weighted by atomic mass is 79.9. The van der Waals surface area contributed by atoms with Crippen LogP contribution in [-0.2, 0) is 0 Å². The van der Waals surface area contributed by atoms with Crippen LogP contribution in [-0.4, -0.2) is 5.11 Å². The Labute approximate surface area is 95.1 Å². The molecule has 0 saturated heterocycles. The molecule has 0 saturated carbocycles. The van der Waals surface area contributed by atoms with E-state index in [1.807, 2.05) is 0 Å². The molecule has 0 aromatic heterocycles. The first kappa shape index (κ1) is 11.1. The first-order valence-electron chi connectivity index (χ1n) is 3.51. The van der Waals surface area contributed by atoms with Gasteiger partial charge in [0.2, 0.25) is 0 Å². The zero-order valence-corrected chi connectivity index (χ0v) is 9.70. The fraction of sp³-hybridized carbons (Fsp3) is 0.111. The Morgan fingerprint density at radius 2 is 1.85 bits per heavy atom. The fourth-order valence-electron chi connectivity index (χ4n) is 0.954. The van der Waals surface area contributed by atoms with Crippen LogP contribution in [0.2, 0.25) is 10.0 Å². The molecular weight excluding hydrogens is 275 g/mol. The van der Waals surface area contributed by atoms with E-state index in [2.05, 4.69) is 22.5 Å². The van der Waals surface area contributed by atoms with Gasteiger partial charge in [0.15, 0.2) is 0 Å². The van der Waals surface area contributed by atoms with Crippen molar-refractivity contribution >= 4 is 39.1 Å². The van der Waals surface area contributed by atoms with Gasteiger partial charge < -0.3 is 5.11 Å². The van der Waals surface area contributed by atoms with Crippen LogP contribution in [0.15, 0.2) is 29.3 Å². The maximum absolute atomic E-state index is 9.48. The zero-order valence-electron chi connectivity index (χ0n) is 6.60. The maximum Gasteiger partial charge on any atom is 0.0998 e. The average Bonchev–Trinajstić information content (AvgIpc) is 2.02. The molecule has 1 rings (SSSR count). The van der Waals surface area contributed by atoms with Gasteiger partial charge in [-0.2, -0.15) is 0 Å². The fourth-order valence-corrected chi connectivity index (χ4v) is 2.39. The van der Waals surface area contributed by atoms with Crippen molar-refractivity contribution in [2.45, 2.75) is 6.10 Å². The lowest BCUT2D eigenvalue weighted by Crippen LogP contribution is -1.95. The van der Waals surface area contributed by atoms with Crippen LogP contribution in [0, 0.1) is 0 Å². The van der Waals surface area contributed by atoms with Crippen LogP contribution >= 0.6 is 39.1 Å². The van der Waals surface area contributed by atoms with E-state index >= 15 is 0 Å². The summed E-state index contributed by atoms with van der Waals surface area (Å²) in [5.74, 6) is 0. The van der Waals surface area contributed by atoms with Crippen LogP contribution < -0.4 is 0 Å². The van der Waals surface area contributed by atoms with E-state index < -0.39 is 6.10 Å². The highest BCUT2D eigenvalue weighted by molar-refractivity contribution is 9.10. The molecule has 0 fully saturated rings. The minimum Gasteiger partial charge on any atom is -0.384 e. The predicted octanol–water partition coefficient (Wildman–Crippen LogP) is 3.98. The van der Waals surface area contributed by atoms with Crippen LogP contribution in [0.3, 0.4) is 0 Å². The Balaban J connectivity index is 3.28. The van der Waals surface area contributed by atoms with Crippen LogP contribution in [0.1, 0.15) is 11.7 Å². The summed E-state index contributed by atoms with van der Waals surface area (Å²) in [7, 11) is 0. The zero-order chi connectivity index (χ0) is 10.0. The lowest BCUT2D eigenvalue weighted by molar-refractivity contribution is 0.229. The van der Waals surface area contributed by atoms with E-state index in [0.29, 0.717) is 15.6 Å². The predicted molar refractivity (Wildman–Crippen MR) is 59.3 cm³/mol. The van der Waals surface area contributed by atoms with E-state index in [0.717, 1.165) is 4.47 Å². The Kier molecular flexibility index (Phi) is 3.80. The first-order chi connectivity index (χ1) is 6.06. The minimum atomic E-state index is -0.826. The van der Waals surface area contributed by atoms with E-state index in [1.165, 1.54) is 6.08 Å². The first-order valence-corrected chi connectivity index (χ1v) is 5.06. The lowest BCUT2D eigenvalue weighted by Gasteiger charge is -2.10. The second kappa shape index (κ2) is 4.47. The van der Waals surface area contributed by atoms with Crippen LogP contribution in [0.5, 0.6) is 0 Å². The van der Waals surface area contributed by atoms with Crippen LogP contribution in [0.25, 0.3) is 0 Å². The molecule has 1 N–H and O–H groups in total. The Morgan fingerprint density at radius 1 is 1.38 bits per heavy atom. The molecule has 1 atom stereocenters. The Morgan fingerprint density at radius 3 is 2.23 bits per heavy atom.